The molecule has 0 fully saturated rings. The number of aromatic nitrogens is 3. The van der Waals surface area contributed by atoms with Crippen LogP contribution in [0, 0.1) is 0 Å². The van der Waals surface area contributed by atoms with E-state index in [1.54, 1.807) is 7.05 Å². The molecule has 27 heavy (non-hydrogen) atoms. The van der Waals surface area contributed by atoms with Crippen LogP contribution >= 0.6 is 0 Å². The fourth-order valence-corrected chi connectivity index (χ4v) is 2.78. The van der Waals surface area contributed by atoms with Gasteiger partial charge in [-0.25, -0.2) is 14.3 Å². The molecular formula is C20H23N5O2. The highest BCUT2D eigenvalue weighted by molar-refractivity contribution is 5.73. The van der Waals surface area contributed by atoms with Crippen molar-refractivity contribution in [1.82, 2.24) is 25.0 Å². The Balaban J connectivity index is 1.48. The molecule has 1 heterocycles. The molecule has 140 valence electrons. The van der Waals surface area contributed by atoms with Gasteiger partial charge in [0, 0.05) is 25.7 Å². The fraction of sp³-hybridized carbons (Fsp3) is 0.250. The summed E-state index contributed by atoms with van der Waals surface area (Å²) in [6.07, 6.45) is 0.772. The van der Waals surface area contributed by atoms with Crippen LogP contribution in [-0.4, -0.2) is 33.5 Å². The molecule has 0 unspecified atom stereocenters. The van der Waals surface area contributed by atoms with E-state index in [1.807, 2.05) is 60.7 Å². The van der Waals surface area contributed by atoms with Gasteiger partial charge in [-0.2, -0.15) is 0 Å². The SMILES string of the molecule is Cn1c(-c2ccccc2)nn(CCNC(=O)NCCc2ccccc2)c1=O. The van der Waals surface area contributed by atoms with Gasteiger partial charge in [0.05, 0.1) is 6.54 Å². The van der Waals surface area contributed by atoms with E-state index < -0.39 is 0 Å². The zero-order valence-electron chi connectivity index (χ0n) is 15.3. The van der Waals surface area contributed by atoms with Gasteiger partial charge in [-0.15, -0.1) is 5.10 Å². The number of rotatable bonds is 7. The first-order valence-corrected chi connectivity index (χ1v) is 8.90. The first kappa shape index (κ1) is 18.4. The molecule has 7 heteroatoms. The topological polar surface area (TPSA) is 81.0 Å². The van der Waals surface area contributed by atoms with Crippen molar-refractivity contribution in [2.75, 3.05) is 13.1 Å². The maximum Gasteiger partial charge on any atom is 0.345 e. The highest BCUT2D eigenvalue weighted by atomic mass is 16.2. The number of nitrogens with one attached hydrogen (secondary N) is 2. The second kappa shape index (κ2) is 8.84. The van der Waals surface area contributed by atoms with Crippen molar-refractivity contribution in [2.45, 2.75) is 13.0 Å². The van der Waals surface area contributed by atoms with Crippen LogP contribution in [0.1, 0.15) is 5.56 Å². The predicted molar refractivity (Wildman–Crippen MR) is 104 cm³/mol. The maximum atomic E-state index is 12.3. The molecule has 0 saturated carbocycles. The molecule has 0 bridgehead atoms. The summed E-state index contributed by atoms with van der Waals surface area (Å²) < 4.78 is 2.88. The molecule has 2 amide bonds. The lowest BCUT2D eigenvalue weighted by molar-refractivity contribution is 0.240. The summed E-state index contributed by atoms with van der Waals surface area (Å²) in [5.74, 6) is 0.605. The Bertz CT molecular complexity index is 932. The van der Waals surface area contributed by atoms with Crippen LogP contribution in [0.5, 0.6) is 0 Å². The summed E-state index contributed by atoms with van der Waals surface area (Å²) in [4.78, 5) is 24.2. The van der Waals surface area contributed by atoms with E-state index in [0.717, 1.165) is 12.0 Å². The van der Waals surface area contributed by atoms with Gasteiger partial charge >= 0.3 is 11.7 Å². The van der Waals surface area contributed by atoms with Crippen LogP contribution in [0.3, 0.4) is 0 Å². The summed E-state index contributed by atoms with van der Waals surface area (Å²) in [5, 5.41) is 9.94. The molecule has 0 radical (unpaired) electrons. The van der Waals surface area contributed by atoms with Gasteiger partial charge in [-0.1, -0.05) is 60.7 Å². The Morgan fingerprint density at radius 3 is 2.30 bits per heavy atom. The molecule has 7 nitrogen and oxygen atoms in total. The second-order valence-corrected chi connectivity index (χ2v) is 6.17. The van der Waals surface area contributed by atoms with Crippen molar-refractivity contribution in [1.29, 1.82) is 0 Å². The minimum Gasteiger partial charge on any atom is -0.338 e. The molecule has 3 rings (SSSR count). The molecule has 2 aromatic carbocycles. The van der Waals surface area contributed by atoms with Gasteiger partial charge in [0.2, 0.25) is 0 Å². The Hall–Kier alpha value is -3.35. The summed E-state index contributed by atoms with van der Waals surface area (Å²) in [6.45, 7) is 1.19. The van der Waals surface area contributed by atoms with Gasteiger partial charge in [-0.3, -0.25) is 4.57 Å². The molecule has 0 aliphatic heterocycles. The third kappa shape index (κ3) is 4.84. The highest BCUT2D eigenvalue weighted by Gasteiger charge is 2.11. The largest absolute Gasteiger partial charge is 0.345 e. The number of carbonyl (C=O) groups is 1. The molecule has 0 spiro atoms. The molecule has 0 aliphatic carbocycles. The van der Waals surface area contributed by atoms with Crippen molar-refractivity contribution in [3.8, 4) is 11.4 Å². The summed E-state index contributed by atoms with van der Waals surface area (Å²) in [7, 11) is 1.69. The summed E-state index contributed by atoms with van der Waals surface area (Å²) in [6, 6.07) is 19.3. The summed E-state index contributed by atoms with van der Waals surface area (Å²) in [5.41, 5.74) is 1.84. The van der Waals surface area contributed by atoms with Crippen LogP contribution in [0.4, 0.5) is 4.79 Å². The molecule has 0 aliphatic rings. The van der Waals surface area contributed by atoms with Crippen LogP contribution in [-0.2, 0) is 20.0 Å². The first-order valence-electron chi connectivity index (χ1n) is 8.90. The van der Waals surface area contributed by atoms with E-state index >= 15 is 0 Å². The van der Waals surface area contributed by atoms with Crippen LogP contribution in [0.15, 0.2) is 65.5 Å². The normalized spacial score (nSPS) is 10.6. The van der Waals surface area contributed by atoms with Crippen LogP contribution in [0.2, 0.25) is 0 Å². The smallest absolute Gasteiger partial charge is 0.338 e. The minimum atomic E-state index is -0.252. The molecule has 0 saturated heterocycles. The lowest BCUT2D eigenvalue weighted by Gasteiger charge is -2.07. The fourth-order valence-electron chi connectivity index (χ4n) is 2.78. The van der Waals surface area contributed by atoms with Gasteiger partial charge < -0.3 is 10.6 Å². The van der Waals surface area contributed by atoms with Crippen LogP contribution < -0.4 is 16.3 Å². The molecule has 0 atom stereocenters. The van der Waals surface area contributed by atoms with Gasteiger partial charge in [0.1, 0.15) is 0 Å². The van der Waals surface area contributed by atoms with E-state index in [9.17, 15) is 9.59 Å². The Morgan fingerprint density at radius 1 is 0.963 bits per heavy atom. The molecule has 3 aromatic rings. The summed E-state index contributed by atoms with van der Waals surface area (Å²) >= 11 is 0. The zero-order chi connectivity index (χ0) is 19.1. The van der Waals surface area contributed by atoms with Crippen molar-refractivity contribution in [3.05, 3.63) is 76.7 Å². The Kier molecular flexibility index (Phi) is 6.04. The average molecular weight is 365 g/mol. The zero-order valence-corrected chi connectivity index (χ0v) is 15.3. The number of amides is 2. The number of hydrogen-bond donors (Lipinski definition) is 2. The lowest BCUT2D eigenvalue weighted by atomic mass is 10.1. The minimum absolute atomic E-state index is 0.208. The van der Waals surface area contributed by atoms with Crippen LogP contribution in [0.25, 0.3) is 11.4 Å². The monoisotopic (exact) mass is 365 g/mol. The average Bonchev–Trinajstić information content (AvgIpc) is 2.98. The van der Waals surface area contributed by atoms with E-state index in [2.05, 4.69) is 15.7 Å². The third-order valence-corrected chi connectivity index (χ3v) is 4.22. The standard InChI is InChI=1S/C20H23N5O2/c1-24-18(17-10-6-3-7-11-17)23-25(20(24)27)15-14-22-19(26)21-13-12-16-8-4-2-5-9-16/h2-11H,12-15H2,1H3,(H2,21,22,26). The van der Waals surface area contributed by atoms with Crippen molar-refractivity contribution >= 4 is 6.03 Å². The number of benzene rings is 2. The molecular weight excluding hydrogens is 342 g/mol. The maximum absolute atomic E-state index is 12.3. The van der Waals surface area contributed by atoms with E-state index in [-0.39, 0.29) is 11.7 Å². The second-order valence-electron chi connectivity index (χ2n) is 6.17. The van der Waals surface area contributed by atoms with Crippen molar-refractivity contribution in [2.24, 2.45) is 7.05 Å². The molecule has 1 aromatic heterocycles. The lowest BCUT2D eigenvalue weighted by Crippen LogP contribution is -2.39. The number of carbonyl (C=O) groups excluding carboxylic acids is 1. The van der Waals surface area contributed by atoms with E-state index in [0.29, 0.717) is 25.5 Å². The molecule has 2 N–H and O–H groups in total. The number of urea groups is 1. The van der Waals surface area contributed by atoms with Gasteiger partial charge in [0.15, 0.2) is 5.82 Å². The van der Waals surface area contributed by atoms with E-state index in [4.69, 9.17) is 0 Å². The Labute approximate surface area is 157 Å². The number of hydrogen-bond acceptors (Lipinski definition) is 3. The van der Waals surface area contributed by atoms with Crippen molar-refractivity contribution < 1.29 is 4.79 Å². The van der Waals surface area contributed by atoms with Gasteiger partial charge in [0.25, 0.3) is 0 Å². The first-order chi connectivity index (χ1) is 13.1. The number of nitrogens with zero attached hydrogens (tertiary/aromatic N) is 3. The third-order valence-electron chi connectivity index (χ3n) is 4.22. The Morgan fingerprint density at radius 2 is 1.59 bits per heavy atom. The van der Waals surface area contributed by atoms with Crippen molar-refractivity contribution in [3.63, 3.8) is 0 Å². The predicted octanol–water partition coefficient (Wildman–Crippen LogP) is 1.79. The van der Waals surface area contributed by atoms with E-state index in [1.165, 1.54) is 14.8 Å². The quantitative estimate of drug-likeness (QED) is 0.670. The highest BCUT2D eigenvalue weighted by Crippen LogP contribution is 2.13. The van der Waals surface area contributed by atoms with Gasteiger partial charge in [-0.05, 0) is 12.0 Å².